The molecule has 1 aliphatic rings. The number of thioether (sulfide) groups is 2. The normalized spacial score (nSPS) is 19.8. The lowest BCUT2D eigenvalue weighted by molar-refractivity contribution is -0.150. The Balaban J connectivity index is 2.32. The van der Waals surface area contributed by atoms with Crippen molar-refractivity contribution in [3.8, 4) is 0 Å². The largest absolute Gasteiger partial charge is 0.456 e. The van der Waals surface area contributed by atoms with E-state index in [1.165, 1.54) is 24.8 Å². The molecule has 0 aliphatic carbocycles. The summed E-state index contributed by atoms with van der Waals surface area (Å²) in [5.41, 5.74) is 0.196. The summed E-state index contributed by atoms with van der Waals surface area (Å²) in [5, 5.41) is 7.46. The number of carbonyl (C=O) groups is 5. The van der Waals surface area contributed by atoms with E-state index in [1.807, 2.05) is 6.26 Å². The van der Waals surface area contributed by atoms with Crippen molar-refractivity contribution < 1.29 is 28.7 Å². The minimum absolute atomic E-state index is 0.0106. The third kappa shape index (κ3) is 9.00. The summed E-state index contributed by atoms with van der Waals surface area (Å²) >= 11 is 2.55. The Morgan fingerprint density at radius 1 is 1.25 bits per heavy atom. The average Bonchev–Trinajstić information content (AvgIpc) is 2.84. The molecular weight excluding hydrogens is 504 g/mol. The molecular formula is C24H28N4O6S2. The first-order valence-corrected chi connectivity index (χ1v) is 13.1. The maximum absolute atomic E-state index is 12.7. The first-order chi connectivity index (χ1) is 17.1. The second-order valence-electron chi connectivity index (χ2n) is 7.48. The van der Waals surface area contributed by atoms with Crippen molar-refractivity contribution in [2.45, 2.75) is 43.4 Å². The van der Waals surface area contributed by atoms with Crippen molar-refractivity contribution >= 4 is 52.3 Å². The number of esters is 1. The monoisotopic (exact) mass is 532 g/mol. The van der Waals surface area contributed by atoms with E-state index in [0.717, 1.165) is 22.7 Å². The van der Waals surface area contributed by atoms with Crippen molar-refractivity contribution in [2.75, 3.05) is 12.0 Å². The molecule has 3 amide bonds. The highest BCUT2D eigenvalue weighted by Gasteiger charge is 2.25. The number of pyridine rings is 1. The van der Waals surface area contributed by atoms with Gasteiger partial charge in [0, 0.05) is 17.6 Å². The van der Waals surface area contributed by atoms with Crippen LogP contribution in [0.25, 0.3) is 0 Å². The molecule has 192 valence electrons. The van der Waals surface area contributed by atoms with Crippen LogP contribution in [0.15, 0.2) is 54.1 Å². The Morgan fingerprint density at radius 3 is 2.67 bits per heavy atom. The fourth-order valence-electron chi connectivity index (χ4n) is 2.96. The van der Waals surface area contributed by atoms with E-state index in [9.17, 15) is 24.0 Å². The topological polar surface area (TPSA) is 144 Å². The van der Waals surface area contributed by atoms with E-state index in [0.29, 0.717) is 17.9 Å². The van der Waals surface area contributed by atoms with Gasteiger partial charge in [-0.1, -0.05) is 30.5 Å². The van der Waals surface area contributed by atoms with Crippen LogP contribution in [0, 0.1) is 0 Å². The van der Waals surface area contributed by atoms with E-state index in [-0.39, 0.29) is 29.5 Å². The van der Waals surface area contributed by atoms with Gasteiger partial charge in [-0.2, -0.15) is 0 Å². The van der Waals surface area contributed by atoms with Crippen molar-refractivity contribution in [1.82, 2.24) is 20.9 Å². The lowest BCUT2D eigenvalue weighted by atomic mass is 10.2. The number of nitrogens with zero attached hydrogens (tertiary/aromatic N) is 1. The molecule has 0 unspecified atom stereocenters. The Labute approximate surface area is 217 Å². The van der Waals surface area contributed by atoms with Gasteiger partial charge < -0.3 is 20.7 Å². The number of ether oxygens (including phenoxy) is 1. The smallest absolute Gasteiger partial charge is 0.333 e. The van der Waals surface area contributed by atoms with Crippen LogP contribution in [-0.2, 0) is 30.5 Å². The number of nitrogens with one attached hydrogen (secondary N) is 3. The number of amides is 3. The molecule has 0 saturated carbocycles. The molecule has 36 heavy (non-hydrogen) atoms. The lowest BCUT2D eigenvalue weighted by Crippen LogP contribution is -2.45. The zero-order valence-electron chi connectivity index (χ0n) is 20.0. The second-order valence-corrected chi connectivity index (χ2v) is 9.60. The third-order valence-corrected chi connectivity index (χ3v) is 6.41. The Bertz CT molecular complexity index is 1090. The predicted octanol–water partition coefficient (Wildman–Crippen LogP) is 1.88. The molecule has 10 nitrogen and oxygen atoms in total. The molecule has 0 spiro atoms. The number of aromatic nitrogens is 1. The minimum atomic E-state index is -1.25. The standard InChI is InChI=1S/C24H28N4O6S2/c1-5-17-24(33)34-16(8-6-7-11-36-15(3)29)12-21(30)25-13-19-20(35-4)10-9-18(27-19)23(32)26-14(2)22(31)28-17/h5-6,8-10,16-17H,1-2,7,11-13H2,3-4H3,(H,25,30)(H,26,32)(H,28,31)/b8-6+/t16-,17+/m1/s1. The zero-order chi connectivity index (χ0) is 26.7. The number of hydrogen-bond donors (Lipinski definition) is 3. The van der Waals surface area contributed by atoms with Gasteiger partial charge in [-0.05, 0) is 30.9 Å². The van der Waals surface area contributed by atoms with Gasteiger partial charge >= 0.3 is 5.97 Å². The van der Waals surface area contributed by atoms with Gasteiger partial charge in [0.15, 0.2) is 5.12 Å². The van der Waals surface area contributed by atoms with Crippen LogP contribution in [0.1, 0.15) is 35.9 Å². The SMILES string of the molecule is C=C[C@@H]1NC(=O)C(=C)NC(=O)c2ccc(SC)c(n2)CNC(=O)C[C@@H](/C=C/CCSC(C)=O)OC1=O. The molecule has 1 aromatic heterocycles. The molecule has 12 heteroatoms. The van der Waals surface area contributed by atoms with Gasteiger partial charge in [-0.15, -0.1) is 18.3 Å². The summed E-state index contributed by atoms with van der Waals surface area (Å²) in [5.74, 6) is -2.21. The highest BCUT2D eigenvalue weighted by Crippen LogP contribution is 2.19. The van der Waals surface area contributed by atoms with E-state index >= 15 is 0 Å². The molecule has 2 bridgehead atoms. The van der Waals surface area contributed by atoms with Crippen molar-refractivity contribution in [3.63, 3.8) is 0 Å². The Morgan fingerprint density at radius 2 is 2.00 bits per heavy atom. The van der Waals surface area contributed by atoms with Crippen LogP contribution in [-0.4, -0.2) is 57.9 Å². The van der Waals surface area contributed by atoms with E-state index in [2.05, 4.69) is 34.1 Å². The quantitative estimate of drug-likeness (QED) is 0.164. The Hall–Kier alpha value is -3.38. The highest BCUT2D eigenvalue weighted by atomic mass is 32.2. The van der Waals surface area contributed by atoms with Crippen LogP contribution >= 0.6 is 23.5 Å². The third-order valence-electron chi connectivity index (χ3n) is 4.75. The maximum atomic E-state index is 12.7. The number of rotatable bonds is 6. The summed E-state index contributed by atoms with van der Waals surface area (Å²) in [6.45, 7) is 8.60. The number of hydrogen-bond acceptors (Lipinski definition) is 9. The van der Waals surface area contributed by atoms with Crippen LogP contribution in [0.2, 0.25) is 0 Å². The molecule has 2 atom stereocenters. The van der Waals surface area contributed by atoms with Crippen LogP contribution in [0.3, 0.4) is 0 Å². The molecule has 0 fully saturated rings. The second kappa shape index (κ2) is 14.2. The van der Waals surface area contributed by atoms with Gasteiger partial charge in [-0.3, -0.25) is 19.2 Å². The number of carbonyl (C=O) groups excluding carboxylic acids is 5. The fraction of sp³-hybridized carbons (Fsp3) is 0.333. The van der Waals surface area contributed by atoms with Gasteiger partial charge in [-0.25, -0.2) is 9.78 Å². The van der Waals surface area contributed by atoms with Crippen LogP contribution in [0.4, 0.5) is 0 Å². The number of cyclic esters (lactones) is 1. The summed E-state index contributed by atoms with van der Waals surface area (Å²) in [6, 6.07) is 1.94. The lowest BCUT2D eigenvalue weighted by Gasteiger charge is -2.20. The van der Waals surface area contributed by atoms with Gasteiger partial charge in [0.05, 0.1) is 24.4 Å². The molecule has 2 rings (SSSR count). The minimum Gasteiger partial charge on any atom is -0.456 e. The van der Waals surface area contributed by atoms with Gasteiger partial charge in [0.1, 0.15) is 17.8 Å². The molecule has 1 aliphatic heterocycles. The van der Waals surface area contributed by atoms with E-state index in [4.69, 9.17) is 4.74 Å². The summed E-state index contributed by atoms with van der Waals surface area (Å²) in [6.07, 6.45) is 5.67. The predicted molar refractivity (Wildman–Crippen MR) is 138 cm³/mol. The van der Waals surface area contributed by atoms with E-state index in [1.54, 1.807) is 18.2 Å². The highest BCUT2D eigenvalue weighted by molar-refractivity contribution is 8.13. The summed E-state index contributed by atoms with van der Waals surface area (Å²) in [7, 11) is 0. The maximum Gasteiger partial charge on any atom is 0.333 e. The van der Waals surface area contributed by atoms with Crippen molar-refractivity contribution in [3.05, 3.63) is 60.6 Å². The molecule has 0 aromatic carbocycles. The Kier molecular flexibility index (Phi) is 11.4. The molecule has 1 aromatic rings. The number of allylic oxidation sites excluding steroid dienone is 1. The van der Waals surface area contributed by atoms with Crippen LogP contribution in [0.5, 0.6) is 0 Å². The van der Waals surface area contributed by atoms with Gasteiger partial charge in [0.25, 0.3) is 11.8 Å². The fourth-order valence-corrected chi connectivity index (χ4v) is 4.05. The van der Waals surface area contributed by atoms with Crippen molar-refractivity contribution in [2.24, 2.45) is 0 Å². The average molecular weight is 533 g/mol. The van der Waals surface area contributed by atoms with Crippen LogP contribution < -0.4 is 16.0 Å². The molecule has 3 N–H and O–H groups in total. The summed E-state index contributed by atoms with van der Waals surface area (Å²) in [4.78, 5) is 66.7. The summed E-state index contributed by atoms with van der Waals surface area (Å²) < 4.78 is 5.46. The zero-order valence-corrected chi connectivity index (χ0v) is 21.6. The van der Waals surface area contributed by atoms with E-state index < -0.39 is 35.8 Å². The number of fused-ring (bicyclic) bond motifs is 2. The first-order valence-electron chi connectivity index (χ1n) is 10.9. The first kappa shape index (κ1) is 28.9. The molecule has 0 saturated heterocycles. The van der Waals surface area contributed by atoms with Crippen molar-refractivity contribution in [1.29, 1.82) is 0 Å². The van der Waals surface area contributed by atoms with Gasteiger partial charge in [0.2, 0.25) is 5.91 Å². The molecule has 2 heterocycles. The molecule has 0 radical (unpaired) electrons.